The van der Waals surface area contributed by atoms with E-state index < -0.39 is 8.07 Å². The van der Waals surface area contributed by atoms with E-state index in [1.54, 1.807) is 17.8 Å². The molecule has 4 heteroatoms. The van der Waals surface area contributed by atoms with Gasteiger partial charge < -0.3 is 5.11 Å². The van der Waals surface area contributed by atoms with E-state index in [1.165, 1.54) is 0 Å². The molecule has 98 valence electrons. The number of rotatable bonds is 6. The lowest BCUT2D eigenvalue weighted by atomic mass is 10.1. The Bertz CT molecular complexity index is 421. The van der Waals surface area contributed by atoms with Crippen LogP contribution in [-0.2, 0) is 0 Å². The fourth-order valence-corrected chi connectivity index (χ4v) is 4.54. The van der Waals surface area contributed by atoms with E-state index in [2.05, 4.69) is 19.6 Å². The van der Waals surface area contributed by atoms with Crippen molar-refractivity contribution in [3.05, 3.63) is 46.5 Å². The van der Waals surface area contributed by atoms with Gasteiger partial charge in [-0.15, -0.1) is 11.8 Å². The highest BCUT2D eigenvalue weighted by molar-refractivity contribution is 8.05. The van der Waals surface area contributed by atoms with E-state index in [9.17, 15) is 4.79 Å². The minimum absolute atomic E-state index is 0.0541. The fourth-order valence-electron chi connectivity index (χ4n) is 1.44. The van der Waals surface area contributed by atoms with Gasteiger partial charge in [0.2, 0.25) is 0 Å². The second-order valence-electron chi connectivity index (χ2n) is 5.06. The molecule has 1 aromatic carbocycles. The number of hydrogen-bond acceptors (Lipinski definition) is 3. The summed E-state index contributed by atoms with van der Waals surface area (Å²) in [6.07, 6.45) is 1.75. The maximum Gasteiger partial charge on any atom is 0.186 e. The average molecular weight is 280 g/mol. The predicted molar refractivity (Wildman–Crippen MR) is 81.7 cm³/mol. The van der Waals surface area contributed by atoms with Crippen LogP contribution in [0.1, 0.15) is 10.4 Å². The lowest BCUT2D eigenvalue weighted by Gasteiger charge is -2.19. The van der Waals surface area contributed by atoms with Gasteiger partial charge in [0.05, 0.1) is 14.7 Å². The van der Waals surface area contributed by atoms with Crippen molar-refractivity contribution in [3.8, 4) is 0 Å². The number of ketones is 1. The Morgan fingerprint density at radius 1 is 1.28 bits per heavy atom. The molecule has 0 radical (unpaired) electrons. The van der Waals surface area contributed by atoms with E-state index in [4.69, 9.17) is 5.11 Å². The van der Waals surface area contributed by atoms with Crippen molar-refractivity contribution in [2.24, 2.45) is 0 Å². The van der Waals surface area contributed by atoms with Crippen molar-refractivity contribution < 1.29 is 9.90 Å². The first-order valence-electron chi connectivity index (χ1n) is 6.00. The summed E-state index contributed by atoms with van der Waals surface area (Å²) < 4.78 is 1.14. The monoisotopic (exact) mass is 280 g/mol. The summed E-state index contributed by atoms with van der Waals surface area (Å²) in [5.41, 5.74) is 0.720. The van der Waals surface area contributed by atoms with Crippen LogP contribution in [0.4, 0.5) is 0 Å². The number of benzene rings is 1. The van der Waals surface area contributed by atoms with Crippen molar-refractivity contribution >= 4 is 25.6 Å². The normalized spacial score (nSPS) is 12.6. The van der Waals surface area contributed by atoms with Crippen LogP contribution >= 0.6 is 11.8 Å². The second kappa shape index (κ2) is 6.92. The number of thioether (sulfide) groups is 1. The Balaban J connectivity index is 2.91. The minimum Gasteiger partial charge on any atom is -0.396 e. The molecular weight excluding hydrogens is 260 g/mol. The molecule has 0 aliphatic heterocycles. The van der Waals surface area contributed by atoms with Gasteiger partial charge in [0.1, 0.15) is 0 Å². The topological polar surface area (TPSA) is 37.3 Å². The molecule has 0 atom stereocenters. The van der Waals surface area contributed by atoms with Gasteiger partial charge in [-0.2, -0.15) is 0 Å². The molecule has 0 aliphatic rings. The van der Waals surface area contributed by atoms with Crippen LogP contribution in [0.15, 0.2) is 40.9 Å². The molecule has 1 N–H and O–H groups in total. The summed E-state index contributed by atoms with van der Waals surface area (Å²) in [6.45, 7) is 6.77. The highest BCUT2D eigenvalue weighted by Crippen LogP contribution is 2.27. The van der Waals surface area contributed by atoms with E-state index in [0.29, 0.717) is 5.75 Å². The quantitative estimate of drug-likeness (QED) is 0.493. The number of aliphatic hydroxyl groups excluding tert-OH is 1. The molecule has 0 saturated heterocycles. The molecule has 0 aliphatic carbocycles. The zero-order chi connectivity index (χ0) is 13.6. The Kier molecular flexibility index (Phi) is 5.85. The molecule has 0 unspecified atom stereocenters. The summed E-state index contributed by atoms with van der Waals surface area (Å²) in [7, 11) is -1.53. The average Bonchev–Trinajstić information content (AvgIpc) is 2.34. The van der Waals surface area contributed by atoms with Gasteiger partial charge in [0, 0.05) is 11.3 Å². The predicted octanol–water partition coefficient (Wildman–Crippen LogP) is 3.36. The molecule has 0 bridgehead atoms. The van der Waals surface area contributed by atoms with E-state index in [1.807, 2.05) is 30.3 Å². The van der Waals surface area contributed by atoms with Gasteiger partial charge >= 0.3 is 0 Å². The zero-order valence-corrected chi connectivity index (χ0v) is 13.0. The summed E-state index contributed by atoms with van der Waals surface area (Å²) in [4.78, 5) is 12.1. The standard InChI is InChI=1S/C14H20O2SSi/c1-18(2,3)14(17-10-9-15)11-13(16)12-7-5-4-6-8-12/h4-8,11,15H,9-10H2,1-3H3/b14-11-. The third kappa shape index (κ3) is 4.80. The molecular formula is C14H20O2SSi. The third-order valence-electron chi connectivity index (χ3n) is 2.41. The summed E-state index contributed by atoms with van der Waals surface area (Å²) in [5.74, 6) is 0.705. The molecule has 18 heavy (non-hydrogen) atoms. The van der Waals surface area contributed by atoms with Gasteiger partial charge in [-0.25, -0.2) is 0 Å². The number of carbonyl (C=O) groups excluding carboxylic acids is 1. The first-order valence-corrected chi connectivity index (χ1v) is 10.5. The number of aliphatic hydroxyl groups is 1. The molecule has 2 nitrogen and oxygen atoms in total. The first-order chi connectivity index (χ1) is 8.45. The Hall–Kier alpha value is -0.843. The largest absolute Gasteiger partial charge is 0.396 e. The van der Waals surface area contributed by atoms with Crippen LogP contribution in [0.2, 0.25) is 19.6 Å². The fraction of sp³-hybridized carbons (Fsp3) is 0.357. The van der Waals surface area contributed by atoms with Crippen molar-refractivity contribution in [2.45, 2.75) is 19.6 Å². The lowest BCUT2D eigenvalue weighted by molar-refractivity contribution is 0.104. The van der Waals surface area contributed by atoms with E-state index in [0.717, 1.165) is 10.1 Å². The maximum atomic E-state index is 12.1. The van der Waals surface area contributed by atoms with Crippen LogP contribution < -0.4 is 0 Å². The van der Waals surface area contributed by atoms with Crippen molar-refractivity contribution in [1.82, 2.24) is 0 Å². The lowest BCUT2D eigenvalue weighted by Crippen LogP contribution is -2.23. The van der Waals surface area contributed by atoms with Crippen LogP contribution in [-0.4, -0.2) is 31.3 Å². The van der Waals surface area contributed by atoms with Crippen LogP contribution in [0, 0.1) is 0 Å². The van der Waals surface area contributed by atoms with Gasteiger partial charge in [-0.1, -0.05) is 50.0 Å². The SMILES string of the molecule is C[Si](C)(C)/C(=C\C(=O)c1ccccc1)SCCO. The second-order valence-corrected chi connectivity index (χ2v) is 11.6. The highest BCUT2D eigenvalue weighted by Gasteiger charge is 2.21. The Labute approximate surface area is 114 Å². The van der Waals surface area contributed by atoms with Gasteiger partial charge in [0.15, 0.2) is 5.78 Å². The van der Waals surface area contributed by atoms with Gasteiger partial charge in [-0.05, 0) is 10.6 Å². The van der Waals surface area contributed by atoms with Crippen LogP contribution in [0.3, 0.4) is 0 Å². The summed E-state index contributed by atoms with van der Waals surface area (Å²) >= 11 is 1.60. The highest BCUT2D eigenvalue weighted by atomic mass is 32.2. The first kappa shape index (κ1) is 15.2. The van der Waals surface area contributed by atoms with Gasteiger partial charge in [0.25, 0.3) is 0 Å². The Morgan fingerprint density at radius 3 is 2.39 bits per heavy atom. The molecule has 0 aromatic heterocycles. The summed E-state index contributed by atoms with van der Waals surface area (Å²) in [6, 6.07) is 9.31. The van der Waals surface area contributed by atoms with Crippen LogP contribution in [0.5, 0.6) is 0 Å². The van der Waals surface area contributed by atoms with Gasteiger partial charge in [-0.3, -0.25) is 4.79 Å². The molecule has 1 aromatic rings. The molecule has 0 saturated carbocycles. The zero-order valence-electron chi connectivity index (χ0n) is 11.1. The number of hydrogen-bond donors (Lipinski definition) is 1. The summed E-state index contributed by atoms with van der Waals surface area (Å²) in [5, 5.41) is 8.91. The van der Waals surface area contributed by atoms with Crippen molar-refractivity contribution in [1.29, 1.82) is 0 Å². The smallest absolute Gasteiger partial charge is 0.186 e. The van der Waals surface area contributed by atoms with Crippen LogP contribution in [0.25, 0.3) is 0 Å². The Morgan fingerprint density at radius 2 is 1.89 bits per heavy atom. The number of carbonyl (C=O) groups is 1. The molecule has 0 amide bonds. The molecule has 1 rings (SSSR count). The van der Waals surface area contributed by atoms with Crippen molar-refractivity contribution in [3.63, 3.8) is 0 Å². The molecule has 0 fully saturated rings. The molecule has 0 heterocycles. The third-order valence-corrected chi connectivity index (χ3v) is 7.12. The molecule has 0 spiro atoms. The number of allylic oxidation sites excluding steroid dienone is 1. The minimum atomic E-state index is -1.53. The van der Waals surface area contributed by atoms with E-state index in [-0.39, 0.29) is 12.4 Å². The maximum absolute atomic E-state index is 12.1. The van der Waals surface area contributed by atoms with Crippen molar-refractivity contribution in [2.75, 3.05) is 12.4 Å². The van der Waals surface area contributed by atoms with E-state index >= 15 is 0 Å².